The number of hydrogen-bond acceptors (Lipinski definition) is 3. The van der Waals surface area contributed by atoms with Gasteiger partial charge in [0.25, 0.3) is 0 Å². The average molecular weight is 254 g/mol. The van der Waals surface area contributed by atoms with E-state index < -0.39 is 0 Å². The molecule has 1 heterocycles. The van der Waals surface area contributed by atoms with E-state index in [1.54, 1.807) is 36.4 Å². The van der Waals surface area contributed by atoms with Crippen LogP contribution in [0.15, 0.2) is 59.1 Å². The molecule has 2 N–H and O–H groups in total. The minimum Gasteiger partial charge on any atom is -0.399 e. The molecule has 0 unspecified atom stereocenters. The zero-order chi connectivity index (χ0) is 13.2. The number of nitrogens with zero attached hydrogens (tertiary/aromatic N) is 1. The molecule has 0 amide bonds. The van der Waals surface area contributed by atoms with E-state index >= 15 is 0 Å². The molecule has 0 atom stereocenters. The van der Waals surface area contributed by atoms with Gasteiger partial charge in [-0.15, -0.1) is 0 Å². The predicted octanol–water partition coefficient (Wildman–Crippen LogP) is 3.73. The van der Waals surface area contributed by atoms with Gasteiger partial charge in [-0.3, -0.25) is 0 Å². The lowest BCUT2D eigenvalue weighted by molar-refractivity contribution is 0.434. The fraction of sp³-hybridized carbons (Fsp3) is 0. The highest BCUT2D eigenvalue weighted by atomic mass is 19.1. The van der Waals surface area contributed by atoms with Crippen molar-refractivity contribution in [3.05, 3.63) is 60.4 Å². The molecule has 0 saturated carbocycles. The molecule has 0 aliphatic carbocycles. The lowest BCUT2D eigenvalue weighted by Gasteiger charge is -1.96. The number of nitrogens with two attached hydrogens (primary N) is 1. The molecule has 3 nitrogen and oxygen atoms in total. The standard InChI is InChI=1S/C15H11FN2O/c16-13-4-2-1-3-12(13)14-9-15(19-18-14)10-5-7-11(17)8-6-10/h1-9H,17H2. The minimum absolute atomic E-state index is 0.320. The minimum atomic E-state index is -0.320. The van der Waals surface area contributed by atoms with Crippen LogP contribution in [0.25, 0.3) is 22.6 Å². The first kappa shape index (κ1) is 11.5. The molecule has 3 aromatic rings. The maximum atomic E-state index is 13.6. The van der Waals surface area contributed by atoms with E-state index in [-0.39, 0.29) is 5.82 Å². The Morgan fingerprint density at radius 3 is 2.47 bits per heavy atom. The van der Waals surface area contributed by atoms with Gasteiger partial charge < -0.3 is 10.3 Å². The first-order valence-corrected chi connectivity index (χ1v) is 5.81. The summed E-state index contributed by atoms with van der Waals surface area (Å²) in [6.07, 6.45) is 0. The second-order valence-corrected chi connectivity index (χ2v) is 4.18. The van der Waals surface area contributed by atoms with Crippen molar-refractivity contribution in [3.63, 3.8) is 0 Å². The van der Waals surface area contributed by atoms with Gasteiger partial charge in [-0.1, -0.05) is 17.3 Å². The van der Waals surface area contributed by atoms with Crippen molar-refractivity contribution in [2.75, 3.05) is 5.73 Å². The van der Waals surface area contributed by atoms with Gasteiger partial charge in [0.2, 0.25) is 0 Å². The molecule has 2 aromatic carbocycles. The summed E-state index contributed by atoms with van der Waals surface area (Å²) >= 11 is 0. The highest BCUT2D eigenvalue weighted by molar-refractivity contribution is 5.67. The SMILES string of the molecule is Nc1ccc(-c2cc(-c3ccccc3F)no2)cc1. The van der Waals surface area contributed by atoms with Crippen LogP contribution in [0.5, 0.6) is 0 Å². The van der Waals surface area contributed by atoms with Crippen LogP contribution in [0.1, 0.15) is 0 Å². The fourth-order valence-corrected chi connectivity index (χ4v) is 1.85. The summed E-state index contributed by atoms with van der Waals surface area (Å²) < 4.78 is 18.9. The molecular weight excluding hydrogens is 243 g/mol. The van der Waals surface area contributed by atoms with Crippen LogP contribution in [-0.2, 0) is 0 Å². The number of benzene rings is 2. The Bertz CT molecular complexity index is 704. The topological polar surface area (TPSA) is 52.0 Å². The van der Waals surface area contributed by atoms with E-state index in [1.807, 2.05) is 12.1 Å². The third-order valence-electron chi connectivity index (χ3n) is 2.86. The van der Waals surface area contributed by atoms with Gasteiger partial charge in [-0.05, 0) is 36.4 Å². The molecule has 0 aliphatic heterocycles. The Morgan fingerprint density at radius 2 is 1.74 bits per heavy atom. The van der Waals surface area contributed by atoms with Crippen molar-refractivity contribution in [3.8, 4) is 22.6 Å². The highest BCUT2D eigenvalue weighted by Gasteiger charge is 2.11. The number of nitrogen functional groups attached to an aromatic ring is 1. The molecule has 0 saturated heterocycles. The molecule has 1 aromatic heterocycles. The van der Waals surface area contributed by atoms with Gasteiger partial charge in [-0.25, -0.2) is 4.39 Å². The Hall–Kier alpha value is -2.62. The van der Waals surface area contributed by atoms with E-state index in [0.29, 0.717) is 22.7 Å². The van der Waals surface area contributed by atoms with Crippen molar-refractivity contribution in [1.82, 2.24) is 5.16 Å². The van der Waals surface area contributed by atoms with E-state index in [9.17, 15) is 4.39 Å². The third-order valence-corrected chi connectivity index (χ3v) is 2.86. The summed E-state index contributed by atoms with van der Waals surface area (Å²) in [5, 5.41) is 3.90. The Kier molecular flexibility index (Phi) is 2.76. The normalized spacial score (nSPS) is 10.6. The van der Waals surface area contributed by atoms with Crippen LogP contribution in [0.3, 0.4) is 0 Å². The zero-order valence-corrected chi connectivity index (χ0v) is 10.0. The van der Waals surface area contributed by atoms with Gasteiger partial charge in [0.1, 0.15) is 11.5 Å². The van der Waals surface area contributed by atoms with Crippen molar-refractivity contribution in [1.29, 1.82) is 0 Å². The molecule has 94 valence electrons. The van der Waals surface area contributed by atoms with Crippen LogP contribution in [0.4, 0.5) is 10.1 Å². The third kappa shape index (κ3) is 2.20. The number of hydrogen-bond donors (Lipinski definition) is 1. The van der Waals surface area contributed by atoms with Gasteiger partial charge in [0.05, 0.1) is 0 Å². The zero-order valence-electron chi connectivity index (χ0n) is 10.0. The van der Waals surface area contributed by atoms with E-state index in [1.165, 1.54) is 6.07 Å². The second-order valence-electron chi connectivity index (χ2n) is 4.18. The molecule has 0 spiro atoms. The Balaban J connectivity index is 2.00. The van der Waals surface area contributed by atoms with Gasteiger partial charge >= 0.3 is 0 Å². The number of halogens is 1. The molecule has 0 radical (unpaired) electrons. The molecule has 0 aliphatic rings. The van der Waals surface area contributed by atoms with Crippen molar-refractivity contribution in [2.45, 2.75) is 0 Å². The first-order valence-electron chi connectivity index (χ1n) is 5.81. The van der Waals surface area contributed by atoms with Crippen LogP contribution in [-0.4, -0.2) is 5.16 Å². The number of aromatic nitrogens is 1. The quantitative estimate of drug-likeness (QED) is 0.709. The number of anilines is 1. The molecule has 4 heteroatoms. The summed E-state index contributed by atoms with van der Waals surface area (Å²) in [5.41, 5.74) is 8.06. The van der Waals surface area contributed by atoms with Crippen LogP contribution in [0.2, 0.25) is 0 Å². The van der Waals surface area contributed by atoms with Crippen molar-refractivity contribution < 1.29 is 8.91 Å². The van der Waals surface area contributed by atoms with E-state index in [2.05, 4.69) is 5.16 Å². The summed E-state index contributed by atoms with van der Waals surface area (Å²) in [6, 6.07) is 15.4. The van der Waals surface area contributed by atoms with Crippen LogP contribution in [0, 0.1) is 5.82 Å². The highest BCUT2D eigenvalue weighted by Crippen LogP contribution is 2.27. The molecule has 0 fully saturated rings. The Labute approximate surface area is 109 Å². The van der Waals surface area contributed by atoms with E-state index in [4.69, 9.17) is 10.3 Å². The largest absolute Gasteiger partial charge is 0.399 e. The fourth-order valence-electron chi connectivity index (χ4n) is 1.85. The molecular formula is C15H11FN2O. The second kappa shape index (κ2) is 4.57. The summed E-state index contributed by atoms with van der Waals surface area (Å²) in [4.78, 5) is 0. The Morgan fingerprint density at radius 1 is 1.00 bits per heavy atom. The van der Waals surface area contributed by atoms with E-state index in [0.717, 1.165) is 5.56 Å². The monoisotopic (exact) mass is 254 g/mol. The van der Waals surface area contributed by atoms with Crippen molar-refractivity contribution >= 4 is 5.69 Å². The van der Waals surface area contributed by atoms with Crippen LogP contribution >= 0.6 is 0 Å². The smallest absolute Gasteiger partial charge is 0.167 e. The maximum Gasteiger partial charge on any atom is 0.167 e. The number of rotatable bonds is 2. The lowest BCUT2D eigenvalue weighted by Crippen LogP contribution is -1.83. The van der Waals surface area contributed by atoms with Crippen molar-refractivity contribution in [2.24, 2.45) is 0 Å². The molecule has 0 bridgehead atoms. The van der Waals surface area contributed by atoms with Crippen LogP contribution < -0.4 is 5.73 Å². The average Bonchev–Trinajstić information content (AvgIpc) is 2.89. The summed E-state index contributed by atoms with van der Waals surface area (Å²) in [6.45, 7) is 0. The summed E-state index contributed by atoms with van der Waals surface area (Å²) in [5.74, 6) is 0.262. The first-order chi connectivity index (χ1) is 9.24. The lowest BCUT2D eigenvalue weighted by atomic mass is 10.1. The molecule has 3 rings (SSSR count). The molecule has 19 heavy (non-hydrogen) atoms. The van der Waals surface area contributed by atoms with Gasteiger partial charge in [0, 0.05) is 22.9 Å². The summed E-state index contributed by atoms with van der Waals surface area (Å²) in [7, 11) is 0. The predicted molar refractivity (Wildman–Crippen MR) is 71.7 cm³/mol. The maximum absolute atomic E-state index is 13.6. The van der Waals surface area contributed by atoms with Gasteiger partial charge in [-0.2, -0.15) is 0 Å². The van der Waals surface area contributed by atoms with Gasteiger partial charge in [0.15, 0.2) is 5.76 Å².